The SMILES string of the molecule is O=C(NNCC1(O)CCCCC1)[C@@]1(Cc2ccc(Br)cc2)N=C(c2ccc(OCCCO)cc2)O[C@H]1c1ccc(-c2ccccc2)cc1. The number of carbonyl (C=O) groups excluding carboxylic acids is 1. The van der Waals surface area contributed by atoms with Crippen LogP contribution in [0.2, 0.25) is 0 Å². The molecule has 1 aliphatic heterocycles. The Morgan fingerprint density at radius 1 is 0.875 bits per heavy atom. The second-order valence-corrected chi connectivity index (χ2v) is 13.6. The summed E-state index contributed by atoms with van der Waals surface area (Å²) in [5.41, 5.74) is 8.36. The van der Waals surface area contributed by atoms with E-state index in [1.165, 1.54) is 0 Å². The number of nitrogens with one attached hydrogen (secondary N) is 2. The predicted molar refractivity (Wildman–Crippen MR) is 191 cm³/mol. The Bertz CT molecular complexity index is 1670. The van der Waals surface area contributed by atoms with Crippen LogP contribution in [-0.4, -0.2) is 52.9 Å². The van der Waals surface area contributed by atoms with E-state index in [1.807, 2.05) is 91.0 Å². The van der Waals surface area contributed by atoms with Crippen LogP contribution >= 0.6 is 15.9 Å². The van der Waals surface area contributed by atoms with Crippen molar-refractivity contribution < 1.29 is 24.5 Å². The molecule has 4 N–H and O–H groups in total. The van der Waals surface area contributed by atoms with Gasteiger partial charge in [0.1, 0.15) is 5.75 Å². The van der Waals surface area contributed by atoms with Crippen LogP contribution in [0.1, 0.15) is 61.3 Å². The van der Waals surface area contributed by atoms with Crippen molar-refractivity contribution in [3.8, 4) is 16.9 Å². The molecule has 1 aliphatic carbocycles. The van der Waals surface area contributed by atoms with E-state index < -0.39 is 17.2 Å². The van der Waals surface area contributed by atoms with Crippen molar-refractivity contribution in [3.05, 3.63) is 124 Å². The van der Waals surface area contributed by atoms with Crippen molar-refractivity contribution in [1.29, 1.82) is 0 Å². The van der Waals surface area contributed by atoms with E-state index >= 15 is 0 Å². The topological polar surface area (TPSA) is 112 Å². The highest BCUT2D eigenvalue weighted by Crippen LogP contribution is 2.43. The first kappa shape index (κ1) is 33.9. The quantitative estimate of drug-likeness (QED) is 0.0908. The lowest BCUT2D eigenvalue weighted by Crippen LogP contribution is -2.56. The molecule has 6 rings (SSSR count). The smallest absolute Gasteiger partial charge is 0.266 e. The summed E-state index contributed by atoms with van der Waals surface area (Å²) in [6.07, 6.45) is 4.50. The largest absolute Gasteiger partial charge is 0.494 e. The first-order valence-electron chi connectivity index (χ1n) is 16.6. The number of hydrogen-bond donors (Lipinski definition) is 4. The third-order valence-electron chi connectivity index (χ3n) is 9.14. The predicted octanol–water partition coefficient (Wildman–Crippen LogP) is 6.69. The number of aliphatic hydroxyl groups is 2. The molecule has 4 aromatic carbocycles. The number of amides is 1. The Labute approximate surface area is 290 Å². The van der Waals surface area contributed by atoms with Crippen LogP contribution in [0.25, 0.3) is 11.1 Å². The molecule has 0 radical (unpaired) electrons. The Balaban J connectivity index is 1.36. The van der Waals surface area contributed by atoms with Gasteiger partial charge in [-0.2, -0.15) is 0 Å². The summed E-state index contributed by atoms with van der Waals surface area (Å²) in [6, 6.07) is 33.5. The van der Waals surface area contributed by atoms with E-state index in [9.17, 15) is 9.90 Å². The van der Waals surface area contributed by atoms with Gasteiger partial charge < -0.3 is 19.7 Å². The minimum atomic E-state index is -1.38. The summed E-state index contributed by atoms with van der Waals surface area (Å²) >= 11 is 3.53. The zero-order valence-electron chi connectivity index (χ0n) is 26.9. The van der Waals surface area contributed by atoms with E-state index in [2.05, 4.69) is 38.9 Å². The van der Waals surface area contributed by atoms with Gasteiger partial charge in [-0.05, 0) is 71.5 Å². The van der Waals surface area contributed by atoms with Crippen LogP contribution in [0, 0.1) is 0 Å². The average Bonchev–Trinajstić information content (AvgIpc) is 3.51. The number of ether oxygens (including phenoxy) is 2. The summed E-state index contributed by atoms with van der Waals surface area (Å²) in [5, 5.41) is 20.2. The maximum Gasteiger partial charge on any atom is 0.266 e. The van der Waals surface area contributed by atoms with Crippen molar-refractivity contribution in [1.82, 2.24) is 10.9 Å². The lowest BCUT2D eigenvalue weighted by Gasteiger charge is -2.34. The van der Waals surface area contributed by atoms with E-state index in [4.69, 9.17) is 19.6 Å². The average molecular weight is 713 g/mol. The van der Waals surface area contributed by atoms with Crippen molar-refractivity contribution in [2.24, 2.45) is 4.99 Å². The van der Waals surface area contributed by atoms with Gasteiger partial charge in [-0.25, -0.2) is 10.4 Å². The zero-order valence-corrected chi connectivity index (χ0v) is 28.5. The maximum atomic E-state index is 14.5. The summed E-state index contributed by atoms with van der Waals surface area (Å²) < 4.78 is 13.4. The zero-order chi connectivity index (χ0) is 33.4. The highest BCUT2D eigenvalue weighted by Gasteiger charge is 2.53. The van der Waals surface area contributed by atoms with Gasteiger partial charge in [0, 0.05) is 36.0 Å². The third-order valence-corrected chi connectivity index (χ3v) is 9.67. The molecule has 1 fully saturated rings. The van der Waals surface area contributed by atoms with Crippen LogP contribution in [0.3, 0.4) is 0 Å². The minimum Gasteiger partial charge on any atom is -0.494 e. The molecule has 2 atom stereocenters. The molecule has 0 saturated heterocycles. The molecule has 0 aromatic heterocycles. The Kier molecular flexibility index (Phi) is 10.9. The molecule has 0 spiro atoms. The van der Waals surface area contributed by atoms with Crippen LogP contribution < -0.4 is 15.6 Å². The molecular weight excluding hydrogens is 670 g/mol. The van der Waals surface area contributed by atoms with Gasteiger partial charge in [0.05, 0.1) is 12.2 Å². The standard InChI is InChI=1S/C39H42BrN3O5/c40-33-18-10-28(11-19-33)26-39(37(45)43-41-27-38(46)22-5-2-6-23-38)35(31-14-12-30(13-15-31)29-8-3-1-4-9-29)48-36(42-39)32-16-20-34(21-17-32)47-25-7-24-44/h1,3-4,8-21,35,41,44,46H,2,5-7,22-27H2,(H,43,45)/t35-,39-/m0/s1. The van der Waals surface area contributed by atoms with Gasteiger partial charge in [-0.3, -0.25) is 10.2 Å². The number of benzene rings is 4. The first-order chi connectivity index (χ1) is 23.4. The Morgan fingerprint density at radius 2 is 1.54 bits per heavy atom. The van der Waals surface area contributed by atoms with Crippen LogP contribution in [0.4, 0.5) is 0 Å². The molecule has 250 valence electrons. The lowest BCUT2D eigenvalue weighted by atomic mass is 9.81. The first-order valence-corrected chi connectivity index (χ1v) is 17.4. The van der Waals surface area contributed by atoms with Crippen LogP contribution in [0.15, 0.2) is 113 Å². The second kappa shape index (κ2) is 15.5. The monoisotopic (exact) mass is 711 g/mol. The van der Waals surface area contributed by atoms with E-state index in [0.717, 1.165) is 46.0 Å². The summed E-state index contributed by atoms with van der Waals surface area (Å²) in [4.78, 5) is 19.7. The van der Waals surface area contributed by atoms with Crippen molar-refractivity contribution in [3.63, 3.8) is 0 Å². The van der Waals surface area contributed by atoms with Crippen molar-refractivity contribution in [2.45, 2.75) is 62.2 Å². The minimum absolute atomic E-state index is 0.0626. The Hall–Kier alpha value is -4.02. The number of carbonyl (C=O) groups is 1. The van der Waals surface area contributed by atoms with E-state index in [-0.39, 0.29) is 25.5 Å². The highest BCUT2D eigenvalue weighted by atomic mass is 79.9. The molecule has 48 heavy (non-hydrogen) atoms. The van der Waals surface area contributed by atoms with E-state index in [0.29, 0.717) is 43.1 Å². The third kappa shape index (κ3) is 7.98. The highest BCUT2D eigenvalue weighted by molar-refractivity contribution is 9.10. The number of aliphatic hydroxyl groups excluding tert-OH is 1. The van der Waals surface area contributed by atoms with Gasteiger partial charge in [-0.15, -0.1) is 0 Å². The fourth-order valence-corrected chi connectivity index (χ4v) is 6.72. The summed E-state index contributed by atoms with van der Waals surface area (Å²) in [5.74, 6) is 0.677. The molecular formula is C39H42BrN3O5. The molecule has 1 heterocycles. The molecule has 8 nitrogen and oxygen atoms in total. The van der Waals surface area contributed by atoms with Gasteiger partial charge in [0.15, 0.2) is 11.6 Å². The molecule has 9 heteroatoms. The number of hydrogen-bond acceptors (Lipinski definition) is 7. The molecule has 2 aliphatic rings. The van der Waals surface area contributed by atoms with Gasteiger partial charge in [-0.1, -0.05) is 102 Å². The number of halogens is 1. The molecule has 1 amide bonds. The van der Waals surface area contributed by atoms with Crippen molar-refractivity contribution in [2.75, 3.05) is 19.8 Å². The fraction of sp³-hybridized carbons (Fsp3) is 0.333. The number of aliphatic imine (C=N–C) groups is 1. The molecule has 0 bridgehead atoms. The summed E-state index contributed by atoms with van der Waals surface area (Å²) in [6.45, 7) is 0.721. The van der Waals surface area contributed by atoms with Crippen LogP contribution in [0.5, 0.6) is 5.75 Å². The molecule has 4 aromatic rings. The summed E-state index contributed by atoms with van der Waals surface area (Å²) in [7, 11) is 0. The van der Waals surface area contributed by atoms with Gasteiger partial charge >= 0.3 is 0 Å². The number of hydrazine groups is 1. The Morgan fingerprint density at radius 3 is 2.23 bits per heavy atom. The second-order valence-electron chi connectivity index (χ2n) is 12.7. The van der Waals surface area contributed by atoms with Gasteiger partial charge in [0.2, 0.25) is 5.90 Å². The maximum absolute atomic E-state index is 14.5. The molecule has 1 saturated carbocycles. The van der Waals surface area contributed by atoms with Crippen LogP contribution in [-0.2, 0) is 16.0 Å². The lowest BCUT2D eigenvalue weighted by molar-refractivity contribution is -0.130. The number of nitrogens with zero attached hydrogens (tertiary/aromatic N) is 1. The number of rotatable bonds is 13. The van der Waals surface area contributed by atoms with Gasteiger partial charge in [0.25, 0.3) is 5.91 Å². The molecule has 0 unspecified atom stereocenters. The fourth-order valence-electron chi connectivity index (χ4n) is 6.46. The van der Waals surface area contributed by atoms with E-state index in [1.54, 1.807) is 0 Å². The normalized spacial score (nSPS) is 20.1. The van der Waals surface area contributed by atoms with Crippen molar-refractivity contribution >= 4 is 27.7 Å².